The average Bonchev–Trinajstić information content (AvgIpc) is 3.24. The van der Waals surface area contributed by atoms with Gasteiger partial charge < -0.3 is 9.64 Å². The molecule has 3 aromatic rings. The molecule has 0 spiro atoms. The van der Waals surface area contributed by atoms with Gasteiger partial charge in [0.15, 0.2) is 0 Å². The molecule has 4 nitrogen and oxygen atoms in total. The Bertz CT molecular complexity index is 1330. The van der Waals surface area contributed by atoms with Gasteiger partial charge in [-0.2, -0.15) is 0 Å². The molecular formula is C32H32INO3. The standard InChI is InChI=1S/C32H32INO3/c1-4-8-23-19-24-10-5-6-12-30(24)31(23)21-28(35)20-25(17-22-9-7-11-26(33)18-22)32(36)34(2)27-13-15-29(37-3)16-14-27/h4-7,9-16,18,25H,1,8,17,19-21H2,2-3H3/t25-/m1/s1. The van der Waals surface area contributed by atoms with Gasteiger partial charge in [0.05, 0.1) is 7.11 Å². The molecule has 0 saturated carbocycles. The molecule has 0 radical (unpaired) electrons. The topological polar surface area (TPSA) is 46.6 Å². The number of halogens is 1. The fraction of sp³-hybridized carbons (Fsp3) is 0.250. The number of anilines is 1. The molecule has 1 aliphatic carbocycles. The second-order valence-corrected chi connectivity index (χ2v) is 10.7. The van der Waals surface area contributed by atoms with Crippen LogP contribution in [0, 0.1) is 9.49 Å². The Kier molecular flexibility index (Phi) is 8.98. The number of rotatable bonds is 11. The van der Waals surface area contributed by atoms with Crippen LogP contribution in [-0.2, 0) is 22.4 Å². The summed E-state index contributed by atoms with van der Waals surface area (Å²) in [6.07, 6.45) is 4.56. The first-order chi connectivity index (χ1) is 17.9. The average molecular weight is 606 g/mol. The first-order valence-electron chi connectivity index (χ1n) is 12.5. The highest BCUT2D eigenvalue weighted by Gasteiger charge is 2.28. The summed E-state index contributed by atoms with van der Waals surface area (Å²) in [5.74, 6) is 0.290. The number of amides is 1. The predicted octanol–water partition coefficient (Wildman–Crippen LogP) is 7.06. The summed E-state index contributed by atoms with van der Waals surface area (Å²) in [5, 5.41) is 0. The maximum absolute atomic E-state index is 13.7. The van der Waals surface area contributed by atoms with Gasteiger partial charge in [0.2, 0.25) is 5.91 Å². The SMILES string of the molecule is C=CCC1=C(CC(=O)C[C@@H](Cc2cccc(I)c2)C(=O)N(C)c2ccc(OC)cc2)c2ccccc2C1. The number of hydrogen-bond acceptors (Lipinski definition) is 3. The van der Waals surface area contributed by atoms with Crippen molar-refractivity contribution >= 4 is 45.5 Å². The Hall–Kier alpha value is -3.19. The van der Waals surface area contributed by atoms with Crippen LogP contribution in [0.15, 0.2) is 91.0 Å². The van der Waals surface area contributed by atoms with Crippen LogP contribution in [0.5, 0.6) is 5.75 Å². The fourth-order valence-corrected chi connectivity index (χ4v) is 5.64. The second kappa shape index (κ2) is 12.4. The molecule has 0 fully saturated rings. The van der Waals surface area contributed by atoms with Crippen molar-refractivity contribution in [2.45, 2.75) is 32.1 Å². The van der Waals surface area contributed by atoms with Crippen LogP contribution in [0.3, 0.4) is 0 Å². The van der Waals surface area contributed by atoms with Crippen molar-refractivity contribution in [2.75, 3.05) is 19.1 Å². The van der Waals surface area contributed by atoms with Gasteiger partial charge in [-0.1, -0.05) is 48.0 Å². The number of nitrogens with zero attached hydrogens (tertiary/aromatic N) is 1. The van der Waals surface area contributed by atoms with Crippen molar-refractivity contribution in [2.24, 2.45) is 5.92 Å². The summed E-state index contributed by atoms with van der Waals surface area (Å²) in [4.78, 5) is 28.9. The van der Waals surface area contributed by atoms with Crippen LogP contribution in [-0.4, -0.2) is 25.8 Å². The van der Waals surface area contributed by atoms with Crippen LogP contribution in [0.2, 0.25) is 0 Å². The van der Waals surface area contributed by atoms with E-state index in [4.69, 9.17) is 4.74 Å². The van der Waals surface area contributed by atoms with E-state index in [9.17, 15) is 9.59 Å². The molecule has 5 heteroatoms. The molecule has 190 valence electrons. The van der Waals surface area contributed by atoms with Crippen LogP contribution >= 0.6 is 22.6 Å². The zero-order valence-corrected chi connectivity index (χ0v) is 23.5. The van der Waals surface area contributed by atoms with E-state index in [1.807, 2.05) is 60.7 Å². The summed E-state index contributed by atoms with van der Waals surface area (Å²) < 4.78 is 6.36. The molecule has 3 aromatic carbocycles. The van der Waals surface area contributed by atoms with E-state index >= 15 is 0 Å². The molecule has 0 aliphatic heterocycles. The Morgan fingerprint density at radius 2 is 1.84 bits per heavy atom. The van der Waals surface area contributed by atoms with Gasteiger partial charge in [-0.05, 0) is 101 Å². The molecule has 0 aromatic heterocycles. The predicted molar refractivity (Wildman–Crippen MR) is 159 cm³/mol. The number of allylic oxidation sites excluding steroid dienone is 3. The number of benzene rings is 3. The number of carbonyl (C=O) groups is 2. The highest BCUT2D eigenvalue weighted by Crippen LogP contribution is 2.37. The molecule has 0 N–H and O–H groups in total. The third kappa shape index (κ3) is 6.58. The molecule has 0 unspecified atom stereocenters. The minimum absolute atomic E-state index is 0.0653. The van der Waals surface area contributed by atoms with Gasteiger partial charge in [0, 0.05) is 35.1 Å². The van der Waals surface area contributed by atoms with Crippen molar-refractivity contribution in [1.29, 1.82) is 0 Å². The smallest absolute Gasteiger partial charge is 0.230 e. The van der Waals surface area contributed by atoms with E-state index < -0.39 is 5.92 Å². The molecule has 1 atom stereocenters. The summed E-state index contributed by atoms with van der Waals surface area (Å²) in [6.45, 7) is 3.91. The monoisotopic (exact) mass is 605 g/mol. The van der Waals surface area contributed by atoms with Crippen LogP contribution in [0.1, 0.15) is 36.0 Å². The van der Waals surface area contributed by atoms with E-state index in [2.05, 4.69) is 47.4 Å². The zero-order chi connectivity index (χ0) is 26.4. The quantitative estimate of drug-likeness (QED) is 0.174. The molecule has 4 rings (SSSR count). The van der Waals surface area contributed by atoms with Crippen molar-refractivity contribution in [1.82, 2.24) is 0 Å². The number of fused-ring (bicyclic) bond motifs is 1. The van der Waals surface area contributed by atoms with E-state index in [1.165, 1.54) is 11.1 Å². The molecular weight excluding hydrogens is 573 g/mol. The minimum Gasteiger partial charge on any atom is -0.497 e. The van der Waals surface area contributed by atoms with Gasteiger partial charge in [0.25, 0.3) is 0 Å². The first-order valence-corrected chi connectivity index (χ1v) is 13.5. The van der Waals surface area contributed by atoms with Gasteiger partial charge in [-0.15, -0.1) is 6.58 Å². The van der Waals surface area contributed by atoms with Crippen LogP contribution in [0.4, 0.5) is 5.69 Å². The van der Waals surface area contributed by atoms with Crippen molar-refractivity contribution in [3.8, 4) is 5.75 Å². The van der Waals surface area contributed by atoms with E-state index in [1.54, 1.807) is 19.1 Å². The highest BCUT2D eigenvalue weighted by molar-refractivity contribution is 14.1. The van der Waals surface area contributed by atoms with Gasteiger partial charge in [-0.3, -0.25) is 9.59 Å². The lowest BCUT2D eigenvalue weighted by Gasteiger charge is -2.24. The lowest BCUT2D eigenvalue weighted by atomic mass is 9.89. The van der Waals surface area contributed by atoms with Gasteiger partial charge in [0.1, 0.15) is 11.5 Å². The van der Waals surface area contributed by atoms with E-state index in [0.717, 1.165) is 44.5 Å². The summed E-state index contributed by atoms with van der Waals surface area (Å²) in [6, 6.07) is 23.8. The first kappa shape index (κ1) is 26.9. The Labute approximate surface area is 233 Å². The number of ketones is 1. The Morgan fingerprint density at radius 3 is 2.54 bits per heavy atom. The maximum atomic E-state index is 13.7. The van der Waals surface area contributed by atoms with Crippen molar-refractivity contribution in [3.05, 3.63) is 111 Å². The third-order valence-corrected chi connectivity index (χ3v) is 7.59. The lowest BCUT2D eigenvalue weighted by molar-refractivity contribution is -0.127. The van der Waals surface area contributed by atoms with Crippen molar-refractivity contribution < 1.29 is 14.3 Å². The number of hydrogen-bond donors (Lipinski definition) is 0. The van der Waals surface area contributed by atoms with Gasteiger partial charge >= 0.3 is 0 Å². The number of methoxy groups -OCH3 is 1. The lowest BCUT2D eigenvalue weighted by Crippen LogP contribution is -2.35. The van der Waals surface area contributed by atoms with E-state index in [0.29, 0.717) is 12.8 Å². The molecule has 37 heavy (non-hydrogen) atoms. The molecule has 1 aliphatic rings. The Balaban J connectivity index is 1.57. The minimum atomic E-state index is -0.460. The number of Topliss-reactive ketones (excluding diaryl/α,β-unsaturated/α-hetero) is 1. The van der Waals surface area contributed by atoms with E-state index in [-0.39, 0.29) is 18.1 Å². The largest absolute Gasteiger partial charge is 0.497 e. The molecule has 0 saturated heterocycles. The normalized spacial score (nSPS) is 13.2. The molecule has 1 amide bonds. The fourth-order valence-electron chi connectivity index (χ4n) is 5.03. The maximum Gasteiger partial charge on any atom is 0.230 e. The van der Waals surface area contributed by atoms with Crippen LogP contribution < -0.4 is 9.64 Å². The molecule has 0 bridgehead atoms. The summed E-state index contributed by atoms with van der Waals surface area (Å²) in [7, 11) is 3.39. The Morgan fingerprint density at radius 1 is 1.08 bits per heavy atom. The number of carbonyl (C=O) groups excluding carboxylic acids is 2. The van der Waals surface area contributed by atoms with Crippen LogP contribution in [0.25, 0.3) is 5.57 Å². The zero-order valence-electron chi connectivity index (χ0n) is 21.4. The van der Waals surface area contributed by atoms with Crippen molar-refractivity contribution in [3.63, 3.8) is 0 Å². The summed E-state index contributed by atoms with van der Waals surface area (Å²) >= 11 is 2.28. The highest BCUT2D eigenvalue weighted by atomic mass is 127. The molecule has 0 heterocycles. The third-order valence-electron chi connectivity index (χ3n) is 6.92. The van der Waals surface area contributed by atoms with Gasteiger partial charge in [-0.25, -0.2) is 0 Å². The summed E-state index contributed by atoms with van der Waals surface area (Å²) in [5.41, 5.74) is 6.59. The number of ether oxygens (including phenoxy) is 1. The second-order valence-electron chi connectivity index (χ2n) is 9.45.